The molecule has 0 aliphatic heterocycles. The third-order valence-corrected chi connectivity index (χ3v) is 6.55. The third kappa shape index (κ3) is 3.93. The zero-order chi connectivity index (χ0) is 25.6. The van der Waals surface area contributed by atoms with E-state index < -0.39 is 27.3 Å². The highest BCUT2D eigenvalue weighted by atomic mass is 32.2. The number of primary sulfonamides is 1. The van der Waals surface area contributed by atoms with E-state index in [1.54, 1.807) is 18.2 Å². The van der Waals surface area contributed by atoms with Crippen molar-refractivity contribution in [2.24, 2.45) is 10.9 Å². The fourth-order valence-electron chi connectivity index (χ4n) is 3.91. The van der Waals surface area contributed by atoms with Crippen LogP contribution in [0.5, 0.6) is 0 Å². The summed E-state index contributed by atoms with van der Waals surface area (Å²) in [6.45, 7) is 0. The van der Waals surface area contributed by atoms with Gasteiger partial charge in [0.1, 0.15) is 18.5 Å². The Morgan fingerprint density at radius 2 is 1.64 bits per heavy atom. The molecule has 2 heterocycles. The van der Waals surface area contributed by atoms with Crippen LogP contribution in [0.25, 0.3) is 33.7 Å². The van der Waals surface area contributed by atoms with Gasteiger partial charge < -0.3 is 5.73 Å². The monoisotopic (exact) mass is 504 g/mol. The van der Waals surface area contributed by atoms with Gasteiger partial charge in [-0.15, -0.1) is 0 Å². The van der Waals surface area contributed by atoms with Crippen LogP contribution in [-0.4, -0.2) is 33.4 Å². The van der Waals surface area contributed by atoms with Crippen molar-refractivity contribution in [2.45, 2.75) is 4.90 Å². The molecular weight excluding hydrogens is 487 g/mol. The lowest BCUT2D eigenvalue weighted by Gasteiger charge is -2.12. The topological polar surface area (TPSA) is 156 Å². The average Bonchev–Trinajstić information content (AvgIpc) is 3.29. The number of sulfonamides is 1. The van der Waals surface area contributed by atoms with Gasteiger partial charge in [0.15, 0.2) is 11.2 Å². The van der Waals surface area contributed by atoms with Gasteiger partial charge in [0.25, 0.3) is 5.56 Å². The predicted octanol–water partition coefficient (Wildman–Crippen LogP) is 2.12. The molecule has 2 aromatic heterocycles. The summed E-state index contributed by atoms with van der Waals surface area (Å²) in [5, 5.41) is 5.30. The van der Waals surface area contributed by atoms with Crippen LogP contribution in [0.1, 0.15) is 10.4 Å². The number of carbonyl (C=O) groups excluding carboxylic acids is 1. The Hall–Kier alpha value is -4.68. The number of fused-ring (bicyclic) bond motifs is 1. The number of hydrogen-bond donors (Lipinski definition) is 2. The van der Waals surface area contributed by atoms with Crippen LogP contribution in [0.3, 0.4) is 0 Å². The molecule has 0 bridgehead atoms. The molecule has 0 saturated carbocycles. The first kappa shape index (κ1) is 23.1. The highest BCUT2D eigenvalue weighted by Gasteiger charge is 2.18. The van der Waals surface area contributed by atoms with Gasteiger partial charge in [-0.25, -0.2) is 27.9 Å². The Kier molecular flexibility index (Phi) is 5.46. The normalized spacial score (nSPS) is 11.6. The minimum absolute atomic E-state index is 0.0576. The number of hydrogen-bond acceptors (Lipinski definition) is 6. The molecule has 0 aliphatic carbocycles. The Balaban J connectivity index is 1.64. The maximum Gasteiger partial charge on any atom is 0.284 e. The summed E-state index contributed by atoms with van der Waals surface area (Å²) < 4.78 is 41.6. The summed E-state index contributed by atoms with van der Waals surface area (Å²) in [7, 11) is -4.05. The molecule has 0 aliphatic rings. The van der Waals surface area contributed by atoms with Gasteiger partial charge in [-0.1, -0.05) is 30.3 Å². The third-order valence-electron chi connectivity index (χ3n) is 5.59. The van der Waals surface area contributed by atoms with Crippen LogP contribution in [0.2, 0.25) is 0 Å². The molecule has 5 rings (SSSR count). The largest absolute Gasteiger partial charge is 0.366 e. The van der Waals surface area contributed by atoms with Crippen molar-refractivity contribution in [3.05, 3.63) is 101 Å². The van der Waals surface area contributed by atoms with Gasteiger partial charge >= 0.3 is 0 Å². The molecule has 36 heavy (non-hydrogen) atoms. The second-order valence-corrected chi connectivity index (χ2v) is 9.36. The maximum atomic E-state index is 15.3. The first-order chi connectivity index (χ1) is 17.1. The summed E-state index contributed by atoms with van der Waals surface area (Å²) in [6.07, 6.45) is 2.52. The van der Waals surface area contributed by atoms with Crippen molar-refractivity contribution in [3.8, 4) is 22.5 Å². The molecule has 0 spiro atoms. The molecule has 10 nitrogen and oxygen atoms in total. The molecule has 0 radical (unpaired) electrons. The summed E-state index contributed by atoms with van der Waals surface area (Å²) in [4.78, 5) is 33.1. The lowest BCUT2D eigenvalue weighted by Crippen LogP contribution is -2.21. The number of primary amides is 1. The quantitative estimate of drug-likeness (QED) is 0.373. The fourth-order valence-corrected chi connectivity index (χ4v) is 4.67. The van der Waals surface area contributed by atoms with Gasteiger partial charge in [-0.2, -0.15) is 0 Å². The van der Waals surface area contributed by atoms with E-state index in [2.05, 4.69) is 9.97 Å². The highest BCUT2D eigenvalue weighted by Crippen LogP contribution is 2.28. The number of nitrogens with two attached hydrogens (primary N) is 2. The number of aromatic nitrogens is 4. The lowest BCUT2D eigenvalue weighted by molar-refractivity contribution is 0.1000. The number of benzene rings is 3. The van der Waals surface area contributed by atoms with E-state index in [1.807, 2.05) is 0 Å². The zero-order valence-electron chi connectivity index (χ0n) is 18.4. The van der Waals surface area contributed by atoms with Crippen molar-refractivity contribution >= 4 is 27.1 Å². The molecule has 0 fully saturated rings. The molecule has 12 heteroatoms. The van der Waals surface area contributed by atoms with Crippen LogP contribution in [0.15, 0.2) is 89.1 Å². The van der Waals surface area contributed by atoms with Crippen molar-refractivity contribution in [1.29, 1.82) is 0 Å². The molecule has 0 unspecified atom stereocenters. The lowest BCUT2D eigenvalue weighted by atomic mass is 10.0. The number of rotatable bonds is 5. The minimum Gasteiger partial charge on any atom is -0.366 e. The van der Waals surface area contributed by atoms with Crippen molar-refractivity contribution in [3.63, 3.8) is 0 Å². The molecule has 0 atom stereocenters. The van der Waals surface area contributed by atoms with Crippen LogP contribution in [0, 0.1) is 5.82 Å². The summed E-state index contributed by atoms with van der Waals surface area (Å²) in [5.74, 6) is -1.43. The number of amides is 1. The molecule has 4 N–H and O–H groups in total. The summed E-state index contributed by atoms with van der Waals surface area (Å²) in [6, 6.07) is 16.2. The molecule has 3 aromatic carbocycles. The highest BCUT2D eigenvalue weighted by molar-refractivity contribution is 7.89. The average molecular weight is 505 g/mol. The fraction of sp³-hybridized carbons (Fsp3) is 0. The number of imidazole rings is 1. The predicted molar refractivity (Wildman–Crippen MR) is 130 cm³/mol. The van der Waals surface area contributed by atoms with Gasteiger partial charge in [0.05, 0.1) is 10.6 Å². The van der Waals surface area contributed by atoms with Crippen LogP contribution >= 0.6 is 0 Å². The van der Waals surface area contributed by atoms with E-state index in [0.29, 0.717) is 5.69 Å². The Morgan fingerprint density at radius 1 is 0.917 bits per heavy atom. The van der Waals surface area contributed by atoms with Crippen LogP contribution in [0.4, 0.5) is 4.39 Å². The van der Waals surface area contributed by atoms with E-state index in [0.717, 1.165) is 17.0 Å². The van der Waals surface area contributed by atoms with Crippen molar-refractivity contribution in [2.75, 3.05) is 0 Å². The van der Waals surface area contributed by atoms with Gasteiger partial charge in [-0.05, 0) is 42.0 Å². The Bertz CT molecular complexity index is 1850. The Labute approximate surface area is 203 Å². The van der Waals surface area contributed by atoms with Gasteiger partial charge in [-0.3, -0.25) is 18.7 Å². The number of nitrogens with zero attached hydrogens (tertiary/aromatic N) is 4. The van der Waals surface area contributed by atoms with E-state index in [9.17, 15) is 18.0 Å². The molecular formula is C24H17FN6O4S. The molecule has 180 valence electrons. The molecule has 0 saturated heterocycles. The van der Waals surface area contributed by atoms with Gasteiger partial charge in [0, 0.05) is 16.8 Å². The second-order valence-electron chi connectivity index (χ2n) is 7.83. The minimum atomic E-state index is -4.05. The van der Waals surface area contributed by atoms with Crippen LogP contribution in [-0.2, 0) is 10.0 Å². The number of carbonyl (C=O) groups is 1. The maximum absolute atomic E-state index is 15.3. The Morgan fingerprint density at radius 3 is 2.33 bits per heavy atom. The molecule has 5 aromatic rings. The van der Waals surface area contributed by atoms with E-state index >= 15 is 4.39 Å². The smallest absolute Gasteiger partial charge is 0.284 e. The van der Waals surface area contributed by atoms with E-state index in [1.165, 1.54) is 53.4 Å². The van der Waals surface area contributed by atoms with Crippen LogP contribution < -0.4 is 16.4 Å². The summed E-state index contributed by atoms with van der Waals surface area (Å²) in [5.41, 5.74) is 5.98. The summed E-state index contributed by atoms with van der Waals surface area (Å²) >= 11 is 0. The van der Waals surface area contributed by atoms with E-state index in [-0.39, 0.29) is 38.4 Å². The van der Waals surface area contributed by atoms with Crippen molar-refractivity contribution in [1.82, 2.24) is 19.1 Å². The standard InChI is InChI=1S/C24H17FN6O4S/c25-18-11-14(17-6-1-2-7-20(17)36(27,34)35)8-9-19(18)31-13-29-23-21(24(31)33)30(12-28-23)16-5-3-4-15(10-16)22(26)32/h1-13H,(H2,26,32)(H2,27,34,35). The second kappa shape index (κ2) is 8.52. The number of halogens is 1. The van der Waals surface area contributed by atoms with E-state index in [4.69, 9.17) is 10.9 Å². The van der Waals surface area contributed by atoms with Crippen molar-refractivity contribution < 1.29 is 17.6 Å². The SMILES string of the molecule is NC(=O)c1cccc(-n2cnc3ncn(-c4ccc(-c5ccccc5S(N)(=O)=O)cc4F)c(=O)c32)c1. The molecule has 1 amide bonds. The zero-order valence-corrected chi connectivity index (χ0v) is 19.2. The first-order valence-corrected chi connectivity index (χ1v) is 12.0. The van der Waals surface area contributed by atoms with Gasteiger partial charge in [0.2, 0.25) is 15.9 Å². The first-order valence-electron chi connectivity index (χ1n) is 10.4.